The molecule has 0 bridgehead atoms. The van der Waals surface area contributed by atoms with Crippen molar-refractivity contribution in [3.05, 3.63) is 59.7 Å². The number of benzene rings is 2. The number of aliphatic hydroxyl groups is 1. The summed E-state index contributed by atoms with van der Waals surface area (Å²) in [6, 6.07) is 10.0. The molecule has 0 heterocycles. The van der Waals surface area contributed by atoms with E-state index in [1.54, 1.807) is 38.1 Å². The summed E-state index contributed by atoms with van der Waals surface area (Å²) in [4.78, 5) is 11.3. The van der Waals surface area contributed by atoms with Gasteiger partial charge >= 0.3 is 5.97 Å². The van der Waals surface area contributed by atoms with Gasteiger partial charge in [0.1, 0.15) is 25.1 Å². The minimum Gasteiger partial charge on any atom is -0.491 e. The first-order chi connectivity index (χ1) is 13.8. The standard InChI is InChI=1S/C21H24F2O6/c1-13(2)29-19(21(25)26)10-14-5-3-6-16(9-14)27-11-15(24)12-28-20-17(22)7-4-8-18(20)23/h3-9,13,15,19,24H,10-12H2,1-2H3,(H,25,26). The summed E-state index contributed by atoms with van der Waals surface area (Å²) in [6.45, 7) is 2.98. The van der Waals surface area contributed by atoms with Crippen LogP contribution in [0, 0.1) is 11.6 Å². The van der Waals surface area contributed by atoms with Crippen LogP contribution in [0.3, 0.4) is 0 Å². The molecule has 0 aliphatic heterocycles. The van der Waals surface area contributed by atoms with E-state index in [0.717, 1.165) is 12.1 Å². The van der Waals surface area contributed by atoms with E-state index in [2.05, 4.69) is 0 Å². The van der Waals surface area contributed by atoms with Gasteiger partial charge in [0.2, 0.25) is 0 Å². The summed E-state index contributed by atoms with van der Waals surface area (Å²) in [5.41, 5.74) is 0.690. The molecule has 0 spiro atoms. The van der Waals surface area contributed by atoms with Crippen LogP contribution < -0.4 is 9.47 Å². The number of aliphatic hydroxyl groups excluding tert-OH is 1. The topological polar surface area (TPSA) is 85.2 Å². The second-order valence-electron chi connectivity index (χ2n) is 6.69. The number of ether oxygens (including phenoxy) is 3. The van der Waals surface area contributed by atoms with Crippen molar-refractivity contribution in [2.45, 2.75) is 38.6 Å². The summed E-state index contributed by atoms with van der Waals surface area (Å²) >= 11 is 0. The maximum atomic E-state index is 13.5. The Morgan fingerprint density at radius 1 is 1.03 bits per heavy atom. The van der Waals surface area contributed by atoms with Crippen molar-refractivity contribution < 1.29 is 38.0 Å². The second-order valence-corrected chi connectivity index (χ2v) is 6.69. The van der Waals surface area contributed by atoms with Gasteiger partial charge in [0.15, 0.2) is 23.5 Å². The van der Waals surface area contributed by atoms with E-state index in [0.29, 0.717) is 11.3 Å². The van der Waals surface area contributed by atoms with Gasteiger partial charge in [0, 0.05) is 6.42 Å². The number of carboxylic acid groups (broad SMARTS) is 1. The van der Waals surface area contributed by atoms with Crippen molar-refractivity contribution in [2.75, 3.05) is 13.2 Å². The molecule has 29 heavy (non-hydrogen) atoms. The molecule has 2 rings (SSSR count). The lowest BCUT2D eigenvalue weighted by molar-refractivity contribution is -0.153. The molecule has 8 heteroatoms. The highest BCUT2D eigenvalue weighted by molar-refractivity contribution is 5.72. The fourth-order valence-corrected chi connectivity index (χ4v) is 2.54. The first-order valence-electron chi connectivity index (χ1n) is 9.11. The van der Waals surface area contributed by atoms with Crippen LogP contribution in [-0.4, -0.2) is 47.7 Å². The zero-order valence-corrected chi connectivity index (χ0v) is 16.2. The fourth-order valence-electron chi connectivity index (χ4n) is 2.54. The van der Waals surface area contributed by atoms with E-state index in [-0.39, 0.29) is 25.7 Å². The number of rotatable bonds is 11. The van der Waals surface area contributed by atoms with Crippen LogP contribution in [0.15, 0.2) is 42.5 Å². The zero-order chi connectivity index (χ0) is 21.4. The van der Waals surface area contributed by atoms with Crippen LogP contribution in [0.4, 0.5) is 8.78 Å². The largest absolute Gasteiger partial charge is 0.491 e. The van der Waals surface area contributed by atoms with E-state index in [1.807, 2.05) is 0 Å². The molecule has 0 aromatic heterocycles. The number of carbonyl (C=O) groups is 1. The number of para-hydroxylation sites is 1. The van der Waals surface area contributed by atoms with Gasteiger partial charge in [-0.05, 0) is 43.7 Å². The molecule has 0 aliphatic carbocycles. The van der Waals surface area contributed by atoms with Crippen molar-refractivity contribution in [3.8, 4) is 11.5 Å². The smallest absolute Gasteiger partial charge is 0.333 e. The van der Waals surface area contributed by atoms with Gasteiger partial charge in [0.25, 0.3) is 0 Å². The van der Waals surface area contributed by atoms with Crippen molar-refractivity contribution in [1.29, 1.82) is 0 Å². The summed E-state index contributed by atoms with van der Waals surface area (Å²) < 4.78 is 42.9. The van der Waals surface area contributed by atoms with Gasteiger partial charge in [-0.3, -0.25) is 0 Å². The lowest BCUT2D eigenvalue weighted by Gasteiger charge is -2.17. The average molecular weight is 410 g/mol. The molecule has 0 radical (unpaired) electrons. The quantitative estimate of drug-likeness (QED) is 0.592. The Balaban J connectivity index is 1.89. The molecular formula is C21H24F2O6. The Labute approximate surface area is 167 Å². The Morgan fingerprint density at radius 3 is 2.28 bits per heavy atom. The lowest BCUT2D eigenvalue weighted by Crippen LogP contribution is -2.29. The van der Waals surface area contributed by atoms with Crippen LogP contribution in [0.1, 0.15) is 19.4 Å². The van der Waals surface area contributed by atoms with E-state index in [4.69, 9.17) is 14.2 Å². The first kappa shape index (κ1) is 22.6. The van der Waals surface area contributed by atoms with Crippen LogP contribution >= 0.6 is 0 Å². The highest BCUT2D eigenvalue weighted by Crippen LogP contribution is 2.21. The van der Waals surface area contributed by atoms with Crippen molar-refractivity contribution in [2.24, 2.45) is 0 Å². The Bertz CT molecular complexity index is 791. The molecule has 6 nitrogen and oxygen atoms in total. The van der Waals surface area contributed by atoms with Gasteiger partial charge < -0.3 is 24.4 Å². The van der Waals surface area contributed by atoms with E-state index < -0.39 is 35.6 Å². The second kappa shape index (κ2) is 10.7. The van der Waals surface area contributed by atoms with Gasteiger partial charge in [-0.2, -0.15) is 0 Å². The molecule has 2 aromatic carbocycles. The molecule has 2 aromatic rings. The number of hydrogen-bond donors (Lipinski definition) is 2. The van der Waals surface area contributed by atoms with E-state index in [1.165, 1.54) is 6.07 Å². The summed E-state index contributed by atoms with van der Waals surface area (Å²) in [6.07, 6.45) is -2.19. The molecule has 0 fully saturated rings. The highest BCUT2D eigenvalue weighted by Gasteiger charge is 2.20. The normalized spacial score (nSPS) is 13.2. The molecule has 0 amide bonds. The first-order valence-corrected chi connectivity index (χ1v) is 9.11. The fraction of sp³-hybridized carbons (Fsp3) is 0.381. The van der Waals surface area contributed by atoms with Gasteiger partial charge in [0.05, 0.1) is 6.10 Å². The van der Waals surface area contributed by atoms with Crippen molar-refractivity contribution >= 4 is 5.97 Å². The minimum atomic E-state index is -1.13. The van der Waals surface area contributed by atoms with Gasteiger partial charge in [-0.15, -0.1) is 0 Å². The van der Waals surface area contributed by atoms with Crippen LogP contribution in [-0.2, 0) is 16.0 Å². The van der Waals surface area contributed by atoms with Crippen LogP contribution in [0.25, 0.3) is 0 Å². The molecule has 0 aliphatic rings. The predicted molar refractivity (Wildman–Crippen MR) is 101 cm³/mol. The van der Waals surface area contributed by atoms with Crippen molar-refractivity contribution in [3.63, 3.8) is 0 Å². The molecule has 2 atom stereocenters. The lowest BCUT2D eigenvalue weighted by atomic mass is 10.1. The molecular weight excluding hydrogens is 386 g/mol. The maximum Gasteiger partial charge on any atom is 0.333 e. The third-order valence-corrected chi connectivity index (χ3v) is 3.81. The average Bonchev–Trinajstić information content (AvgIpc) is 2.65. The summed E-state index contributed by atoms with van der Waals surface area (Å²) in [7, 11) is 0. The Hall–Kier alpha value is -2.71. The summed E-state index contributed by atoms with van der Waals surface area (Å²) in [5, 5.41) is 19.2. The number of hydrogen-bond acceptors (Lipinski definition) is 5. The molecule has 158 valence electrons. The third-order valence-electron chi connectivity index (χ3n) is 3.81. The Morgan fingerprint density at radius 2 is 1.66 bits per heavy atom. The van der Waals surface area contributed by atoms with Crippen molar-refractivity contribution in [1.82, 2.24) is 0 Å². The van der Waals surface area contributed by atoms with Gasteiger partial charge in [-0.25, -0.2) is 13.6 Å². The zero-order valence-electron chi connectivity index (χ0n) is 16.2. The molecule has 2 unspecified atom stereocenters. The monoisotopic (exact) mass is 410 g/mol. The maximum absolute atomic E-state index is 13.5. The Kier molecular flexibility index (Phi) is 8.35. The van der Waals surface area contributed by atoms with Gasteiger partial charge in [-0.1, -0.05) is 18.2 Å². The molecule has 2 N–H and O–H groups in total. The molecule has 0 saturated heterocycles. The SMILES string of the molecule is CC(C)OC(Cc1cccc(OCC(O)COc2c(F)cccc2F)c1)C(=O)O. The summed E-state index contributed by atoms with van der Waals surface area (Å²) in [5.74, 6) is -2.92. The highest BCUT2D eigenvalue weighted by atomic mass is 19.1. The predicted octanol–water partition coefficient (Wildman–Crippen LogP) is 3.20. The number of carboxylic acids is 1. The van der Waals surface area contributed by atoms with E-state index in [9.17, 15) is 23.8 Å². The third kappa shape index (κ3) is 7.32. The van der Waals surface area contributed by atoms with Crippen LogP contribution in [0.2, 0.25) is 0 Å². The number of halogens is 2. The number of aliphatic carboxylic acids is 1. The molecule has 0 saturated carbocycles. The minimum absolute atomic E-state index is 0.156. The van der Waals surface area contributed by atoms with Crippen LogP contribution in [0.5, 0.6) is 11.5 Å². The van der Waals surface area contributed by atoms with E-state index >= 15 is 0 Å².